The van der Waals surface area contributed by atoms with Crippen molar-refractivity contribution in [3.63, 3.8) is 0 Å². The summed E-state index contributed by atoms with van der Waals surface area (Å²) in [7, 11) is -4.43. The van der Waals surface area contributed by atoms with Crippen LogP contribution in [0.3, 0.4) is 0 Å². The number of aromatic nitrogens is 1. The van der Waals surface area contributed by atoms with E-state index in [1.54, 1.807) is 23.6 Å². The lowest BCUT2D eigenvalue weighted by Crippen LogP contribution is -2.22. The number of hydrogen-bond donors (Lipinski definition) is 2. The molecule has 1 aromatic heterocycles. The molecule has 0 unspecified atom stereocenters. The van der Waals surface area contributed by atoms with Crippen LogP contribution >= 0.6 is 11.3 Å². The molecule has 31 heavy (non-hydrogen) atoms. The minimum Gasteiger partial charge on any atom is -0.326 e. The van der Waals surface area contributed by atoms with Gasteiger partial charge in [-0.25, -0.2) is 26.1 Å². The molecule has 9 nitrogen and oxygen atoms in total. The maximum absolute atomic E-state index is 12.3. The van der Waals surface area contributed by atoms with Gasteiger partial charge in [-0.15, -0.1) is 11.3 Å². The molecule has 3 aromatic rings. The zero-order chi connectivity index (χ0) is 22.6. The van der Waals surface area contributed by atoms with E-state index in [1.807, 2.05) is 0 Å². The molecule has 2 aromatic carbocycles. The largest absolute Gasteiger partial charge is 0.326 e. The van der Waals surface area contributed by atoms with Gasteiger partial charge in [0.05, 0.1) is 21.9 Å². The third kappa shape index (κ3) is 5.67. The first-order chi connectivity index (χ1) is 14.6. The zero-order valence-electron chi connectivity index (χ0n) is 16.6. The number of amides is 1. The Morgan fingerprint density at radius 1 is 0.968 bits per heavy atom. The first-order valence-electron chi connectivity index (χ1n) is 8.93. The lowest BCUT2D eigenvalue weighted by Gasteiger charge is -2.11. The fourth-order valence-corrected chi connectivity index (χ4v) is 5.39. The van der Waals surface area contributed by atoms with Crippen molar-refractivity contribution in [3.8, 4) is 0 Å². The monoisotopic (exact) mass is 480 g/mol. The van der Waals surface area contributed by atoms with E-state index in [0.29, 0.717) is 11.4 Å². The molecule has 0 atom stereocenters. The van der Waals surface area contributed by atoms with Crippen LogP contribution in [-0.2, 0) is 31.3 Å². The number of hydrogen-bond acceptors (Lipinski definition) is 7. The standard InChI is InChI=1S/C19H20N4O5S3/c1-23(2)31(27,28)17-10-8-14(9-11-17)20-18(24)12-15-13-29-19(21-15)22-30(25,26)16-6-4-3-5-7-16/h3-11,13H,12H2,1-2H3,(H,20,24)(H,21,22). The van der Waals surface area contributed by atoms with Gasteiger partial charge in [-0.3, -0.25) is 9.52 Å². The molecule has 12 heteroatoms. The van der Waals surface area contributed by atoms with E-state index < -0.39 is 20.0 Å². The Kier molecular flexibility index (Phi) is 6.74. The van der Waals surface area contributed by atoms with E-state index in [2.05, 4.69) is 15.0 Å². The van der Waals surface area contributed by atoms with Crippen LogP contribution in [0.4, 0.5) is 10.8 Å². The summed E-state index contributed by atoms with van der Waals surface area (Å²) in [5.74, 6) is -0.369. The number of thiazole rings is 1. The number of carbonyl (C=O) groups excluding carboxylic acids is 1. The average Bonchev–Trinajstić information content (AvgIpc) is 3.14. The van der Waals surface area contributed by atoms with Crippen molar-refractivity contribution in [1.82, 2.24) is 9.29 Å². The number of rotatable bonds is 8. The lowest BCUT2D eigenvalue weighted by molar-refractivity contribution is -0.115. The molecule has 0 spiro atoms. The van der Waals surface area contributed by atoms with Gasteiger partial charge >= 0.3 is 0 Å². The van der Waals surface area contributed by atoms with Crippen molar-refractivity contribution in [3.05, 3.63) is 65.7 Å². The van der Waals surface area contributed by atoms with Crippen molar-refractivity contribution in [2.45, 2.75) is 16.2 Å². The van der Waals surface area contributed by atoms with Crippen LogP contribution in [0.25, 0.3) is 0 Å². The van der Waals surface area contributed by atoms with Crippen LogP contribution in [0, 0.1) is 0 Å². The number of nitrogens with zero attached hydrogens (tertiary/aromatic N) is 2. The van der Waals surface area contributed by atoms with Gasteiger partial charge in [-0.1, -0.05) is 18.2 Å². The van der Waals surface area contributed by atoms with Gasteiger partial charge in [0.2, 0.25) is 15.9 Å². The Hall–Kier alpha value is -2.80. The van der Waals surface area contributed by atoms with Gasteiger partial charge in [0.25, 0.3) is 10.0 Å². The molecule has 2 N–H and O–H groups in total. The highest BCUT2D eigenvalue weighted by Gasteiger charge is 2.18. The zero-order valence-corrected chi connectivity index (χ0v) is 19.1. The number of nitrogens with one attached hydrogen (secondary N) is 2. The maximum Gasteiger partial charge on any atom is 0.263 e. The van der Waals surface area contributed by atoms with Crippen molar-refractivity contribution in [2.24, 2.45) is 0 Å². The molecule has 0 radical (unpaired) electrons. The normalized spacial score (nSPS) is 12.0. The van der Waals surface area contributed by atoms with Gasteiger partial charge in [-0.2, -0.15) is 0 Å². The molecule has 3 rings (SSSR count). The van der Waals surface area contributed by atoms with Gasteiger partial charge in [0.1, 0.15) is 0 Å². The second-order valence-corrected chi connectivity index (χ2v) is 11.3. The Labute approximate surface area is 184 Å². The van der Waals surface area contributed by atoms with Crippen molar-refractivity contribution in [2.75, 3.05) is 24.1 Å². The predicted octanol–water partition coefficient (Wildman–Crippen LogP) is 2.38. The van der Waals surface area contributed by atoms with E-state index in [4.69, 9.17) is 0 Å². The highest BCUT2D eigenvalue weighted by atomic mass is 32.2. The number of anilines is 2. The van der Waals surface area contributed by atoms with Crippen LogP contribution in [0.1, 0.15) is 5.69 Å². The molecular formula is C19H20N4O5S3. The van der Waals surface area contributed by atoms with Crippen molar-refractivity contribution in [1.29, 1.82) is 0 Å². The highest BCUT2D eigenvalue weighted by Crippen LogP contribution is 2.21. The third-order valence-corrected chi connectivity index (χ3v) is 8.21. The summed E-state index contributed by atoms with van der Waals surface area (Å²) >= 11 is 1.07. The Morgan fingerprint density at radius 3 is 2.23 bits per heavy atom. The van der Waals surface area contributed by atoms with Gasteiger partial charge in [0, 0.05) is 25.2 Å². The lowest BCUT2D eigenvalue weighted by atomic mass is 10.3. The van der Waals surface area contributed by atoms with Gasteiger partial charge < -0.3 is 5.32 Å². The summed E-state index contributed by atoms with van der Waals surface area (Å²) in [4.78, 5) is 16.7. The topological polar surface area (TPSA) is 126 Å². The fourth-order valence-electron chi connectivity index (χ4n) is 2.50. The van der Waals surface area contributed by atoms with E-state index in [1.165, 1.54) is 50.5 Å². The SMILES string of the molecule is CN(C)S(=O)(=O)c1ccc(NC(=O)Cc2csc(NS(=O)(=O)c3ccccc3)n2)cc1. The van der Waals surface area contributed by atoms with E-state index in [9.17, 15) is 21.6 Å². The summed E-state index contributed by atoms with van der Waals surface area (Å²) in [5.41, 5.74) is 0.836. The Balaban J connectivity index is 1.61. The molecule has 164 valence electrons. The summed E-state index contributed by atoms with van der Waals surface area (Å²) in [5, 5.41) is 4.41. The smallest absolute Gasteiger partial charge is 0.263 e. The third-order valence-electron chi connectivity index (χ3n) is 4.09. The van der Waals surface area contributed by atoms with Crippen LogP contribution in [0.15, 0.2) is 69.8 Å². The van der Waals surface area contributed by atoms with Crippen molar-refractivity contribution < 1.29 is 21.6 Å². The first-order valence-corrected chi connectivity index (χ1v) is 12.7. The molecule has 1 amide bonds. The summed E-state index contributed by atoms with van der Waals surface area (Å²) in [6.07, 6.45) is -0.0681. The summed E-state index contributed by atoms with van der Waals surface area (Å²) in [6, 6.07) is 13.7. The summed E-state index contributed by atoms with van der Waals surface area (Å²) < 4.78 is 52.4. The van der Waals surface area contributed by atoms with Crippen molar-refractivity contribution >= 4 is 48.1 Å². The number of carbonyl (C=O) groups is 1. The molecule has 0 saturated heterocycles. The predicted molar refractivity (Wildman–Crippen MR) is 119 cm³/mol. The second kappa shape index (κ2) is 9.14. The quantitative estimate of drug-likeness (QED) is 0.510. The van der Waals surface area contributed by atoms with Gasteiger partial charge in [0.15, 0.2) is 5.13 Å². The molecule has 0 aliphatic carbocycles. The second-order valence-electron chi connectivity index (χ2n) is 6.60. The van der Waals surface area contributed by atoms with Crippen LogP contribution in [0.2, 0.25) is 0 Å². The minimum absolute atomic E-state index is 0.0681. The average molecular weight is 481 g/mol. The van der Waals surface area contributed by atoms with E-state index >= 15 is 0 Å². The van der Waals surface area contributed by atoms with Crippen LogP contribution in [-0.4, -0.2) is 46.1 Å². The van der Waals surface area contributed by atoms with Crippen LogP contribution in [0.5, 0.6) is 0 Å². The number of benzene rings is 2. The fraction of sp³-hybridized carbons (Fsp3) is 0.158. The van der Waals surface area contributed by atoms with E-state index in [-0.39, 0.29) is 27.3 Å². The number of sulfonamides is 2. The molecule has 0 bridgehead atoms. The van der Waals surface area contributed by atoms with E-state index in [0.717, 1.165) is 15.6 Å². The molecular weight excluding hydrogens is 460 g/mol. The molecule has 0 aliphatic rings. The minimum atomic E-state index is -3.75. The Bertz CT molecular complexity index is 1270. The first kappa shape index (κ1) is 22.9. The van der Waals surface area contributed by atoms with Gasteiger partial charge in [-0.05, 0) is 36.4 Å². The van der Waals surface area contributed by atoms with Crippen LogP contribution < -0.4 is 10.0 Å². The summed E-state index contributed by atoms with van der Waals surface area (Å²) in [6.45, 7) is 0. The molecule has 0 fully saturated rings. The Morgan fingerprint density at radius 2 is 1.61 bits per heavy atom. The molecule has 1 heterocycles. The highest BCUT2D eigenvalue weighted by molar-refractivity contribution is 7.93. The molecule has 0 saturated carbocycles. The maximum atomic E-state index is 12.3. The molecule has 0 aliphatic heterocycles.